The van der Waals surface area contributed by atoms with E-state index >= 15 is 0 Å². The van der Waals surface area contributed by atoms with Crippen molar-refractivity contribution in [2.24, 2.45) is 11.7 Å². The lowest BCUT2D eigenvalue weighted by Gasteiger charge is -2.10. The molecule has 1 atom stereocenters. The highest BCUT2D eigenvalue weighted by Gasteiger charge is 2.23. The number of rotatable bonds is 7. The Morgan fingerprint density at radius 1 is 1.42 bits per heavy atom. The third-order valence-electron chi connectivity index (χ3n) is 2.31. The average molecular weight is 171 g/mol. The van der Waals surface area contributed by atoms with Crippen molar-refractivity contribution in [1.29, 1.82) is 0 Å². The monoisotopic (exact) mass is 171 g/mol. The van der Waals surface area contributed by atoms with Gasteiger partial charge in [0.2, 0.25) is 0 Å². The van der Waals surface area contributed by atoms with Crippen molar-refractivity contribution in [1.82, 2.24) is 0 Å². The predicted molar refractivity (Wildman–Crippen MR) is 51.0 cm³/mol. The summed E-state index contributed by atoms with van der Waals surface area (Å²) < 4.78 is 5.38. The zero-order valence-corrected chi connectivity index (χ0v) is 8.09. The number of hydrogen-bond acceptors (Lipinski definition) is 2. The summed E-state index contributed by atoms with van der Waals surface area (Å²) in [7, 11) is 0. The summed E-state index contributed by atoms with van der Waals surface area (Å²) in [4.78, 5) is 0. The van der Waals surface area contributed by atoms with Crippen LogP contribution in [0.15, 0.2) is 0 Å². The van der Waals surface area contributed by atoms with Gasteiger partial charge in [0.15, 0.2) is 0 Å². The summed E-state index contributed by atoms with van der Waals surface area (Å²) >= 11 is 0. The molecule has 0 aliphatic heterocycles. The van der Waals surface area contributed by atoms with Crippen LogP contribution in [0.1, 0.15) is 39.0 Å². The van der Waals surface area contributed by atoms with Crippen molar-refractivity contribution in [3.05, 3.63) is 0 Å². The SMILES string of the molecule is CCCOCCC(N)CC1CC1. The first-order valence-electron chi connectivity index (χ1n) is 5.16. The van der Waals surface area contributed by atoms with E-state index in [4.69, 9.17) is 10.5 Å². The maximum absolute atomic E-state index is 5.92. The topological polar surface area (TPSA) is 35.2 Å². The minimum Gasteiger partial charge on any atom is -0.381 e. The van der Waals surface area contributed by atoms with E-state index in [0.717, 1.165) is 32.0 Å². The third kappa shape index (κ3) is 4.73. The Morgan fingerprint density at radius 3 is 2.75 bits per heavy atom. The van der Waals surface area contributed by atoms with Gasteiger partial charge in [0.05, 0.1) is 0 Å². The highest BCUT2D eigenvalue weighted by atomic mass is 16.5. The smallest absolute Gasteiger partial charge is 0.0480 e. The Morgan fingerprint density at radius 2 is 2.17 bits per heavy atom. The molecular formula is C10H21NO. The van der Waals surface area contributed by atoms with E-state index in [9.17, 15) is 0 Å². The van der Waals surface area contributed by atoms with Crippen LogP contribution in [0.25, 0.3) is 0 Å². The highest BCUT2D eigenvalue weighted by Crippen LogP contribution is 2.33. The van der Waals surface area contributed by atoms with E-state index in [1.54, 1.807) is 0 Å². The van der Waals surface area contributed by atoms with E-state index in [2.05, 4.69) is 6.92 Å². The lowest BCUT2D eigenvalue weighted by molar-refractivity contribution is 0.126. The average Bonchev–Trinajstić information content (AvgIpc) is 2.82. The van der Waals surface area contributed by atoms with Crippen LogP contribution in [-0.4, -0.2) is 19.3 Å². The van der Waals surface area contributed by atoms with Crippen LogP contribution in [0, 0.1) is 5.92 Å². The number of hydrogen-bond donors (Lipinski definition) is 1. The molecule has 0 amide bonds. The second kappa shape index (κ2) is 5.55. The van der Waals surface area contributed by atoms with Crippen molar-refractivity contribution >= 4 is 0 Å². The first kappa shape index (κ1) is 10.0. The quantitative estimate of drug-likeness (QED) is 0.594. The van der Waals surface area contributed by atoms with E-state index in [1.807, 2.05) is 0 Å². The Labute approximate surface area is 75.5 Å². The fourth-order valence-electron chi connectivity index (χ4n) is 1.38. The fourth-order valence-corrected chi connectivity index (χ4v) is 1.38. The molecular weight excluding hydrogens is 150 g/mol. The van der Waals surface area contributed by atoms with Gasteiger partial charge in [0.1, 0.15) is 0 Å². The molecule has 2 N–H and O–H groups in total. The molecule has 0 radical (unpaired) electrons. The molecule has 1 rings (SSSR count). The molecule has 12 heavy (non-hydrogen) atoms. The van der Waals surface area contributed by atoms with E-state index in [-0.39, 0.29) is 0 Å². The minimum atomic E-state index is 0.384. The molecule has 0 bridgehead atoms. The van der Waals surface area contributed by atoms with E-state index in [0.29, 0.717) is 6.04 Å². The van der Waals surface area contributed by atoms with Crippen molar-refractivity contribution in [3.63, 3.8) is 0 Å². The van der Waals surface area contributed by atoms with Crippen LogP contribution in [-0.2, 0) is 4.74 Å². The van der Waals surface area contributed by atoms with Gasteiger partial charge >= 0.3 is 0 Å². The van der Waals surface area contributed by atoms with Gasteiger partial charge in [-0.1, -0.05) is 19.8 Å². The molecule has 72 valence electrons. The maximum Gasteiger partial charge on any atom is 0.0480 e. The Kier molecular flexibility index (Phi) is 4.62. The molecule has 1 fully saturated rings. The molecule has 2 heteroatoms. The zero-order valence-electron chi connectivity index (χ0n) is 8.09. The normalized spacial score (nSPS) is 19.5. The Balaban J connectivity index is 1.83. The van der Waals surface area contributed by atoms with Crippen molar-refractivity contribution in [3.8, 4) is 0 Å². The van der Waals surface area contributed by atoms with Crippen molar-refractivity contribution in [2.45, 2.75) is 45.1 Å². The Hall–Kier alpha value is -0.0800. The van der Waals surface area contributed by atoms with Crippen LogP contribution in [0.3, 0.4) is 0 Å². The van der Waals surface area contributed by atoms with Gasteiger partial charge in [0.25, 0.3) is 0 Å². The van der Waals surface area contributed by atoms with Crippen molar-refractivity contribution < 1.29 is 4.74 Å². The highest BCUT2D eigenvalue weighted by molar-refractivity contribution is 4.78. The summed E-state index contributed by atoms with van der Waals surface area (Å²) in [5, 5.41) is 0. The summed E-state index contributed by atoms with van der Waals surface area (Å²) in [6.45, 7) is 3.86. The second-order valence-corrected chi connectivity index (χ2v) is 3.84. The standard InChI is InChI=1S/C10H21NO/c1-2-6-12-7-5-10(11)8-9-3-4-9/h9-10H,2-8,11H2,1H3. The van der Waals surface area contributed by atoms with Crippen molar-refractivity contribution in [2.75, 3.05) is 13.2 Å². The molecule has 0 saturated heterocycles. The summed E-state index contributed by atoms with van der Waals surface area (Å²) in [5.74, 6) is 0.950. The van der Waals surface area contributed by atoms with E-state index in [1.165, 1.54) is 19.3 Å². The van der Waals surface area contributed by atoms with Gasteiger partial charge in [-0.2, -0.15) is 0 Å². The molecule has 0 aromatic carbocycles. The largest absolute Gasteiger partial charge is 0.381 e. The predicted octanol–water partition coefficient (Wildman–Crippen LogP) is 1.93. The van der Waals surface area contributed by atoms with Crippen LogP contribution in [0.2, 0.25) is 0 Å². The molecule has 0 aromatic heterocycles. The van der Waals surface area contributed by atoms with Gasteiger partial charge in [-0.05, 0) is 25.2 Å². The van der Waals surface area contributed by atoms with Crippen LogP contribution >= 0.6 is 0 Å². The van der Waals surface area contributed by atoms with E-state index < -0.39 is 0 Å². The summed E-state index contributed by atoms with van der Waals surface area (Å²) in [5.41, 5.74) is 5.92. The van der Waals surface area contributed by atoms with Gasteiger partial charge in [-0.15, -0.1) is 0 Å². The van der Waals surface area contributed by atoms with Gasteiger partial charge in [0, 0.05) is 19.3 Å². The zero-order chi connectivity index (χ0) is 8.81. The van der Waals surface area contributed by atoms with Crippen LogP contribution in [0.5, 0.6) is 0 Å². The minimum absolute atomic E-state index is 0.384. The molecule has 0 aromatic rings. The molecule has 1 aliphatic carbocycles. The Bertz CT molecular complexity index is 112. The fraction of sp³-hybridized carbons (Fsp3) is 1.00. The summed E-state index contributed by atoms with van der Waals surface area (Å²) in [6.07, 6.45) is 6.18. The second-order valence-electron chi connectivity index (χ2n) is 3.84. The maximum atomic E-state index is 5.92. The summed E-state index contributed by atoms with van der Waals surface area (Å²) in [6, 6.07) is 0.384. The van der Waals surface area contributed by atoms with Crippen LogP contribution < -0.4 is 5.73 Å². The number of nitrogens with two attached hydrogens (primary N) is 1. The third-order valence-corrected chi connectivity index (χ3v) is 2.31. The first-order valence-corrected chi connectivity index (χ1v) is 5.16. The van der Waals surface area contributed by atoms with Gasteiger partial charge < -0.3 is 10.5 Å². The molecule has 1 aliphatic rings. The number of ether oxygens (including phenoxy) is 1. The van der Waals surface area contributed by atoms with Gasteiger partial charge in [-0.25, -0.2) is 0 Å². The molecule has 0 spiro atoms. The molecule has 1 unspecified atom stereocenters. The van der Waals surface area contributed by atoms with Gasteiger partial charge in [-0.3, -0.25) is 0 Å². The molecule has 0 heterocycles. The lowest BCUT2D eigenvalue weighted by atomic mass is 10.1. The first-order chi connectivity index (χ1) is 5.83. The molecule has 2 nitrogen and oxygen atoms in total. The van der Waals surface area contributed by atoms with Crippen LogP contribution in [0.4, 0.5) is 0 Å². The lowest BCUT2D eigenvalue weighted by Crippen LogP contribution is -2.22. The molecule has 1 saturated carbocycles.